The summed E-state index contributed by atoms with van der Waals surface area (Å²) in [6, 6.07) is 18.1. The summed E-state index contributed by atoms with van der Waals surface area (Å²) in [6.07, 6.45) is 3.54. The van der Waals surface area contributed by atoms with E-state index in [2.05, 4.69) is 10.3 Å². The second kappa shape index (κ2) is 11.6. The minimum Gasteiger partial charge on any atom is -0.493 e. The molecule has 1 aromatic heterocycles. The van der Waals surface area contributed by atoms with Crippen LogP contribution in [0.1, 0.15) is 11.4 Å². The number of imidazole rings is 1. The average molecular weight is 555 g/mol. The lowest BCUT2D eigenvalue weighted by Gasteiger charge is -2.24. The highest BCUT2D eigenvalue weighted by Gasteiger charge is 2.28. The van der Waals surface area contributed by atoms with Gasteiger partial charge in [0.15, 0.2) is 11.5 Å². The van der Waals surface area contributed by atoms with E-state index in [1.165, 1.54) is 32.4 Å². The van der Waals surface area contributed by atoms with Gasteiger partial charge in [-0.05, 0) is 55.0 Å². The first kappa shape index (κ1) is 27.0. The summed E-state index contributed by atoms with van der Waals surface area (Å²) in [5.41, 5.74) is 2.01. The van der Waals surface area contributed by atoms with Crippen LogP contribution in [0.3, 0.4) is 0 Å². The number of hydrogen-bond acceptors (Lipinski definition) is 6. The number of sulfonamides is 1. The van der Waals surface area contributed by atoms with Crippen molar-refractivity contribution in [2.75, 3.05) is 25.1 Å². The van der Waals surface area contributed by atoms with E-state index in [0.717, 1.165) is 21.4 Å². The standard InChI is InChI=1S/C27H27ClN4O5S/c1-19-29-14-15-31(19)24-7-5-4-6-20(24)17-30-27(33)18-32(22-10-8-21(28)9-11-22)38(34,35)23-12-13-25(36-2)26(16-23)37-3/h4-16H,17-18H2,1-3H3,(H,30,33). The maximum atomic E-state index is 13.7. The predicted molar refractivity (Wildman–Crippen MR) is 146 cm³/mol. The number of nitrogens with one attached hydrogen (secondary N) is 1. The first-order chi connectivity index (χ1) is 18.2. The molecule has 9 nitrogen and oxygen atoms in total. The van der Waals surface area contributed by atoms with Crippen LogP contribution >= 0.6 is 11.6 Å². The largest absolute Gasteiger partial charge is 0.493 e. The van der Waals surface area contributed by atoms with Crippen LogP contribution in [0.15, 0.2) is 84.0 Å². The number of aryl methyl sites for hydroxylation is 1. The van der Waals surface area contributed by atoms with Crippen molar-refractivity contribution < 1.29 is 22.7 Å². The number of ether oxygens (including phenoxy) is 2. The molecule has 0 aliphatic heterocycles. The number of halogens is 1. The van der Waals surface area contributed by atoms with Crippen molar-refractivity contribution in [2.45, 2.75) is 18.4 Å². The van der Waals surface area contributed by atoms with Crippen LogP contribution in [-0.4, -0.2) is 44.6 Å². The van der Waals surface area contributed by atoms with Crippen molar-refractivity contribution >= 4 is 33.2 Å². The molecule has 0 atom stereocenters. The number of amides is 1. The number of carbonyl (C=O) groups is 1. The highest BCUT2D eigenvalue weighted by atomic mass is 35.5. The number of methoxy groups -OCH3 is 2. The van der Waals surface area contributed by atoms with Crippen LogP contribution in [0.2, 0.25) is 5.02 Å². The molecule has 0 saturated heterocycles. The molecule has 1 heterocycles. The third kappa shape index (κ3) is 5.76. The first-order valence-electron chi connectivity index (χ1n) is 11.6. The summed E-state index contributed by atoms with van der Waals surface area (Å²) in [4.78, 5) is 17.3. The zero-order valence-electron chi connectivity index (χ0n) is 21.1. The zero-order valence-corrected chi connectivity index (χ0v) is 22.7. The normalized spacial score (nSPS) is 11.2. The van der Waals surface area contributed by atoms with E-state index in [1.54, 1.807) is 30.5 Å². The number of rotatable bonds is 10. The molecule has 0 radical (unpaired) electrons. The van der Waals surface area contributed by atoms with Crippen molar-refractivity contribution in [3.8, 4) is 17.2 Å². The Hall–Kier alpha value is -4.02. The Morgan fingerprint density at radius 1 is 1.03 bits per heavy atom. The average Bonchev–Trinajstić information content (AvgIpc) is 3.36. The van der Waals surface area contributed by atoms with Crippen LogP contribution in [-0.2, 0) is 21.4 Å². The molecule has 1 N–H and O–H groups in total. The topological polar surface area (TPSA) is 103 Å². The van der Waals surface area contributed by atoms with Gasteiger partial charge in [0.1, 0.15) is 12.4 Å². The van der Waals surface area contributed by atoms with E-state index in [-0.39, 0.29) is 22.9 Å². The smallest absolute Gasteiger partial charge is 0.264 e. The van der Waals surface area contributed by atoms with E-state index < -0.39 is 22.5 Å². The molecular weight excluding hydrogens is 528 g/mol. The van der Waals surface area contributed by atoms with Gasteiger partial charge < -0.3 is 19.4 Å². The van der Waals surface area contributed by atoms with Gasteiger partial charge in [0.2, 0.25) is 5.91 Å². The van der Waals surface area contributed by atoms with E-state index >= 15 is 0 Å². The Kier molecular flexibility index (Phi) is 8.23. The summed E-state index contributed by atoms with van der Waals surface area (Å²) in [6.45, 7) is 1.63. The summed E-state index contributed by atoms with van der Waals surface area (Å²) in [5.74, 6) is 0.953. The molecule has 0 saturated carbocycles. The maximum Gasteiger partial charge on any atom is 0.264 e. The summed E-state index contributed by atoms with van der Waals surface area (Å²) >= 11 is 6.03. The first-order valence-corrected chi connectivity index (χ1v) is 13.4. The van der Waals surface area contributed by atoms with Crippen LogP contribution in [0.25, 0.3) is 5.69 Å². The van der Waals surface area contributed by atoms with E-state index in [0.29, 0.717) is 10.8 Å². The van der Waals surface area contributed by atoms with Gasteiger partial charge in [-0.25, -0.2) is 13.4 Å². The molecule has 0 unspecified atom stereocenters. The molecule has 4 rings (SSSR count). The molecule has 0 aliphatic carbocycles. The van der Waals surface area contributed by atoms with Crippen molar-refractivity contribution in [3.63, 3.8) is 0 Å². The molecule has 0 aliphatic rings. The molecule has 198 valence electrons. The molecular formula is C27H27ClN4O5S. The SMILES string of the molecule is COc1ccc(S(=O)(=O)N(CC(=O)NCc2ccccc2-n2ccnc2C)c2ccc(Cl)cc2)cc1OC. The number of aromatic nitrogens is 2. The maximum absolute atomic E-state index is 13.7. The number of carbonyl (C=O) groups excluding carboxylic acids is 1. The van der Waals surface area contributed by atoms with Gasteiger partial charge in [-0.1, -0.05) is 29.8 Å². The summed E-state index contributed by atoms with van der Waals surface area (Å²) in [5, 5.41) is 3.29. The van der Waals surface area contributed by atoms with Gasteiger partial charge >= 0.3 is 0 Å². The van der Waals surface area contributed by atoms with Crippen LogP contribution < -0.4 is 19.1 Å². The minimum atomic E-state index is -4.17. The Bertz CT molecular complexity index is 1540. The third-order valence-electron chi connectivity index (χ3n) is 5.90. The van der Waals surface area contributed by atoms with Crippen molar-refractivity contribution in [3.05, 3.63) is 95.5 Å². The predicted octanol–water partition coefficient (Wildman–Crippen LogP) is 4.36. The molecule has 4 aromatic rings. The Morgan fingerprint density at radius 3 is 2.39 bits per heavy atom. The number of benzene rings is 3. The zero-order chi connectivity index (χ0) is 27.3. The number of hydrogen-bond donors (Lipinski definition) is 1. The molecule has 0 spiro atoms. The van der Waals surface area contributed by atoms with Crippen LogP contribution in [0.4, 0.5) is 5.69 Å². The second-order valence-corrected chi connectivity index (χ2v) is 10.6. The Balaban J connectivity index is 1.61. The lowest BCUT2D eigenvalue weighted by Crippen LogP contribution is -2.40. The molecule has 0 bridgehead atoms. The van der Waals surface area contributed by atoms with Gasteiger partial charge in [-0.2, -0.15) is 0 Å². The Morgan fingerprint density at radius 2 is 1.74 bits per heavy atom. The van der Waals surface area contributed by atoms with Gasteiger partial charge in [0.25, 0.3) is 10.0 Å². The van der Waals surface area contributed by atoms with E-state index in [4.69, 9.17) is 21.1 Å². The summed E-state index contributed by atoms with van der Waals surface area (Å²) in [7, 11) is -1.29. The summed E-state index contributed by atoms with van der Waals surface area (Å²) < 4.78 is 41.0. The van der Waals surface area contributed by atoms with Crippen LogP contribution in [0, 0.1) is 6.92 Å². The van der Waals surface area contributed by atoms with Crippen molar-refractivity contribution in [1.82, 2.24) is 14.9 Å². The molecule has 11 heteroatoms. The lowest BCUT2D eigenvalue weighted by molar-refractivity contribution is -0.119. The quantitative estimate of drug-likeness (QED) is 0.312. The monoisotopic (exact) mass is 554 g/mol. The molecule has 3 aromatic carbocycles. The fraction of sp³-hybridized carbons (Fsp3) is 0.185. The van der Waals surface area contributed by atoms with E-state index in [1.807, 2.05) is 42.0 Å². The van der Waals surface area contributed by atoms with Gasteiger partial charge in [0.05, 0.1) is 30.5 Å². The van der Waals surface area contributed by atoms with Gasteiger partial charge in [-0.3, -0.25) is 9.10 Å². The molecule has 1 amide bonds. The number of anilines is 1. The second-order valence-electron chi connectivity index (χ2n) is 8.25. The van der Waals surface area contributed by atoms with Gasteiger partial charge in [-0.15, -0.1) is 0 Å². The number of nitrogens with zero attached hydrogens (tertiary/aromatic N) is 3. The Labute approximate surface area is 226 Å². The minimum absolute atomic E-state index is 0.0566. The highest BCUT2D eigenvalue weighted by molar-refractivity contribution is 7.92. The van der Waals surface area contributed by atoms with E-state index in [9.17, 15) is 13.2 Å². The fourth-order valence-corrected chi connectivity index (χ4v) is 5.50. The highest BCUT2D eigenvalue weighted by Crippen LogP contribution is 2.32. The number of para-hydroxylation sites is 1. The molecule has 38 heavy (non-hydrogen) atoms. The van der Waals surface area contributed by atoms with Crippen molar-refractivity contribution in [1.29, 1.82) is 0 Å². The van der Waals surface area contributed by atoms with Crippen molar-refractivity contribution in [2.24, 2.45) is 0 Å². The molecule has 0 fully saturated rings. The fourth-order valence-electron chi connectivity index (χ4n) is 3.93. The van der Waals surface area contributed by atoms with Crippen LogP contribution in [0.5, 0.6) is 11.5 Å². The third-order valence-corrected chi connectivity index (χ3v) is 7.92. The lowest BCUT2D eigenvalue weighted by atomic mass is 10.1. The van der Waals surface area contributed by atoms with Gasteiger partial charge in [0, 0.05) is 30.0 Å².